The molecule has 1 heterocycles. The van der Waals surface area contributed by atoms with Gasteiger partial charge >= 0.3 is 0 Å². The zero-order valence-corrected chi connectivity index (χ0v) is 9.33. The minimum absolute atomic E-state index is 0.218. The lowest BCUT2D eigenvalue weighted by Crippen LogP contribution is -2.19. The van der Waals surface area contributed by atoms with Crippen molar-refractivity contribution >= 4 is 11.5 Å². The lowest BCUT2D eigenvalue weighted by molar-refractivity contribution is 0.278. The Hall–Kier alpha value is -1.29. The van der Waals surface area contributed by atoms with Gasteiger partial charge in [-0.15, -0.1) is 0 Å². The maximum atomic E-state index is 8.88. The van der Waals surface area contributed by atoms with Crippen molar-refractivity contribution in [3.8, 4) is 0 Å². The molecule has 84 valence electrons. The highest BCUT2D eigenvalue weighted by Gasteiger charge is 2.05. The number of rotatable bonds is 6. The molecule has 0 bridgehead atoms. The molecule has 1 atom stereocenters. The number of nitrogens with one attached hydrogen (secondary N) is 2. The molecule has 0 aliphatic carbocycles. The van der Waals surface area contributed by atoms with Gasteiger partial charge in [-0.25, -0.2) is 4.98 Å². The van der Waals surface area contributed by atoms with Gasteiger partial charge in [-0.1, -0.05) is 6.92 Å². The number of anilines is 2. The summed E-state index contributed by atoms with van der Waals surface area (Å²) in [5.74, 6) is 0.846. The fourth-order valence-corrected chi connectivity index (χ4v) is 1.43. The van der Waals surface area contributed by atoms with Crippen LogP contribution >= 0.6 is 0 Å². The zero-order chi connectivity index (χ0) is 11.1. The summed E-state index contributed by atoms with van der Waals surface area (Å²) in [7, 11) is 1.84. The predicted octanol–water partition coefficient (Wildman–Crippen LogP) is 1.70. The third-order valence-corrected chi connectivity index (χ3v) is 2.36. The largest absolute Gasteiger partial charge is 0.396 e. The average molecular weight is 209 g/mol. The Balaban J connectivity index is 2.61. The highest BCUT2D eigenvalue weighted by Crippen LogP contribution is 2.14. The molecular formula is C11H19N3O. The van der Waals surface area contributed by atoms with Gasteiger partial charge in [0.1, 0.15) is 5.82 Å². The molecule has 0 fully saturated rings. The number of nitrogens with zero attached hydrogens (tertiary/aromatic N) is 1. The van der Waals surface area contributed by atoms with E-state index in [-0.39, 0.29) is 6.61 Å². The minimum Gasteiger partial charge on any atom is -0.396 e. The molecule has 0 aliphatic heterocycles. The molecule has 0 aromatic carbocycles. The first-order valence-electron chi connectivity index (χ1n) is 5.31. The monoisotopic (exact) mass is 209 g/mol. The number of hydrogen-bond donors (Lipinski definition) is 3. The first-order chi connectivity index (χ1) is 7.30. The van der Waals surface area contributed by atoms with Crippen LogP contribution in [0.3, 0.4) is 0 Å². The molecule has 15 heavy (non-hydrogen) atoms. The van der Waals surface area contributed by atoms with Crippen LogP contribution in [-0.2, 0) is 0 Å². The molecule has 4 heteroatoms. The Morgan fingerprint density at radius 2 is 2.33 bits per heavy atom. The molecule has 0 radical (unpaired) electrons. The van der Waals surface area contributed by atoms with E-state index in [0.29, 0.717) is 6.04 Å². The minimum atomic E-state index is 0.218. The van der Waals surface area contributed by atoms with Gasteiger partial charge in [0.25, 0.3) is 0 Å². The Morgan fingerprint density at radius 1 is 1.53 bits per heavy atom. The van der Waals surface area contributed by atoms with Crippen LogP contribution in [0.5, 0.6) is 0 Å². The van der Waals surface area contributed by atoms with Gasteiger partial charge in [0.2, 0.25) is 0 Å². The van der Waals surface area contributed by atoms with Crippen LogP contribution in [0.4, 0.5) is 11.5 Å². The third-order valence-electron chi connectivity index (χ3n) is 2.36. The summed E-state index contributed by atoms with van der Waals surface area (Å²) >= 11 is 0. The van der Waals surface area contributed by atoms with Crippen molar-refractivity contribution in [3.05, 3.63) is 18.3 Å². The highest BCUT2D eigenvalue weighted by atomic mass is 16.3. The number of aliphatic hydroxyl groups excluding tert-OH is 1. The van der Waals surface area contributed by atoms with E-state index >= 15 is 0 Å². The second kappa shape index (κ2) is 6.24. The topological polar surface area (TPSA) is 57.2 Å². The van der Waals surface area contributed by atoms with Crippen LogP contribution in [0, 0.1) is 0 Å². The quantitative estimate of drug-likeness (QED) is 0.667. The molecule has 1 unspecified atom stereocenters. The standard InChI is InChI=1S/C11H19N3O/c1-3-9(5-7-15)14-10-4-6-13-11(8-10)12-2/h4,6,8-9,15H,3,5,7H2,1-2H3,(H2,12,13,14). The van der Waals surface area contributed by atoms with Crippen molar-refractivity contribution in [1.29, 1.82) is 0 Å². The van der Waals surface area contributed by atoms with Crippen LogP contribution in [0.2, 0.25) is 0 Å². The Morgan fingerprint density at radius 3 is 2.93 bits per heavy atom. The second-order valence-electron chi connectivity index (χ2n) is 3.44. The Kier molecular flexibility index (Phi) is 4.90. The van der Waals surface area contributed by atoms with E-state index in [2.05, 4.69) is 22.5 Å². The number of pyridine rings is 1. The molecule has 1 aromatic rings. The van der Waals surface area contributed by atoms with Crippen LogP contribution in [0.15, 0.2) is 18.3 Å². The van der Waals surface area contributed by atoms with Crippen molar-refractivity contribution in [3.63, 3.8) is 0 Å². The van der Waals surface area contributed by atoms with Gasteiger partial charge in [0.15, 0.2) is 0 Å². The molecule has 0 amide bonds. The van der Waals surface area contributed by atoms with E-state index in [1.165, 1.54) is 0 Å². The summed E-state index contributed by atoms with van der Waals surface area (Å²) in [6, 6.07) is 4.21. The van der Waals surface area contributed by atoms with Crippen molar-refractivity contribution < 1.29 is 5.11 Å². The average Bonchev–Trinajstić information content (AvgIpc) is 2.29. The van der Waals surface area contributed by atoms with E-state index in [9.17, 15) is 0 Å². The van der Waals surface area contributed by atoms with Crippen molar-refractivity contribution in [2.75, 3.05) is 24.3 Å². The summed E-state index contributed by atoms with van der Waals surface area (Å²) in [5, 5.41) is 15.2. The van der Waals surface area contributed by atoms with E-state index in [0.717, 1.165) is 24.3 Å². The smallest absolute Gasteiger partial charge is 0.127 e. The highest BCUT2D eigenvalue weighted by molar-refractivity contribution is 5.52. The van der Waals surface area contributed by atoms with Gasteiger partial charge in [-0.3, -0.25) is 0 Å². The number of hydrogen-bond acceptors (Lipinski definition) is 4. The Bertz CT molecular complexity index is 291. The van der Waals surface area contributed by atoms with Gasteiger partial charge in [0.05, 0.1) is 0 Å². The van der Waals surface area contributed by atoms with Crippen molar-refractivity contribution in [2.45, 2.75) is 25.8 Å². The molecule has 3 N–H and O–H groups in total. The lowest BCUT2D eigenvalue weighted by atomic mass is 10.1. The fourth-order valence-electron chi connectivity index (χ4n) is 1.43. The van der Waals surface area contributed by atoms with Gasteiger partial charge in [0, 0.05) is 37.6 Å². The maximum absolute atomic E-state index is 8.88. The third kappa shape index (κ3) is 3.75. The van der Waals surface area contributed by atoms with E-state index in [1.807, 2.05) is 19.2 Å². The predicted molar refractivity (Wildman–Crippen MR) is 63.2 cm³/mol. The lowest BCUT2D eigenvalue weighted by Gasteiger charge is -2.17. The molecule has 0 aliphatic rings. The van der Waals surface area contributed by atoms with Crippen LogP contribution in [0.25, 0.3) is 0 Å². The fraction of sp³-hybridized carbons (Fsp3) is 0.545. The summed E-state index contributed by atoms with van der Waals surface area (Å²) < 4.78 is 0. The molecule has 1 aromatic heterocycles. The van der Waals surface area contributed by atoms with E-state index < -0.39 is 0 Å². The first-order valence-corrected chi connectivity index (χ1v) is 5.31. The first kappa shape index (κ1) is 11.8. The van der Waals surface area contributed by atoms with Gasteiger partial charge in [-0.05, 0) is 18.9 Å². The summed E-state index contributed by atoms with van der Waals surface area (Å²) in [5.41, 5.74) is 1.04. The summed E-state index contributed by atoms with van der Waals surface area (Å²) in [6.07, 6.45) is 3.53. The number of aromatic nitrogens is 1. The second-order valence-corrected chi connectivity index (χ2v) is 3.44. The van der Waals surface area contributed by atoms with Crippen molar-refractivity contribution in [2.24, 2.45) is 0 Å². The molecule has 0 saturated carbocycles. The molecule has 1 rings (SSSR count). The normalized spacial score (nSPS) is 12.2. The number of aliphatic hydroxyl groups is 1. The van der Waals surface area contributed by atoms with Crippen LogP contribution < -0.4 is 10.6 Å². The molecule has 4 nitrogen and oxygen atoms in total. The van der Waals surface area contributed by atoms with Gasteiger partial charge in [-0.2, -0.15) is 0 Å². The Labute approximate surface area is 90.7 Å². The zero-order valence-electron chi connectivity index (χ0n) is 9.33. The summed E-state index contributed by atoms with van der Waals surface area (Å²) in [6.45, 7) is 2.32. The molecule has 0 spiro atoms. The summed E-state index contributed by atoms with van der Waals surface area (Å²) in [4.78, 5) is 4.14. The van der Waals surface area contributed by atoms with Crippen molar-refractivity contribution in [1.82, 2.24) is 4.98 Å². The van der Waals surface area contributed by atoms with E-state index in [1.54, 1.807) is 6.20 Å². The maximum Gasteiger partial charge on any atom is 0.127 e. The molecule has 0 saturated heterocycles. The van der Waals surface area contributed by atoms with Crippen LogP contribution in [0.1, 0.15) is 19.8 Å². The SMILES string of the molecule is CCC(CCO)Nc1ccnc(NC)c1. The molecular weight excluding hydrogens is 190 g/mol. The van der Waals surface area contributed by atoms with E-state index in [4.69, 9.17) is 5.11 Å². The van der Waals surface area contributed by atoms with Crippen LogP contribution in [-0.4, -0.2) is 29.8 Å². The van der Waals surface area contributed by atoms with Gasteiger partial charge < -0.3 is 15.7 Å².